The highest BCUT2D eigenvalue weighted by molar-refractivity contribution is 5.98. The van der Waals surface area contributed by atoms with Gasteiger partial charge in [0.2, 0.25) is 5.91 Å². The van der Waals surface area contributed by atoms with E-state index >= 15 is 0 Å². The minimum Gasteiger partial charge on any atom is -0.481 e. The lowest BCUT2D eigenvalue weighted by atomic mass is 10.1. The van der Waals surface area contributed by atoms with Gasteiger partial charge in [0.25, 0.3) is 5.91 Å². The standard InChI is InChI=1S/C21H22N2O4/c1-14(24)16-8-10-19(11-9-16)27-15(2)21(26)22-17-5-3-6-18(13-17)23-12-4-7-20(23)25/h3,5-6,8-11,13,15H,4,7,12H2,1-2H3,(H,22,26)/t15-/m0/s1. The summed E-state index contributed by atoms with van der Waals surface area (Å²) in [7, 11) is 0. The first kappa shape index (κ1) is 18.6. The van der Waals surface area contributed by atoms with Crippen LogP contribution in [0.4, 0.5) is 11.4 Å². The van der Waals surface area contributed by atoms with Crippen LogP contribution in [0.25, 0.3) is 0 Å². The van der Waals surface area contributed by atoms with Crippen molar-refractivity contribution in [3.05, 3.63) is 54.1 Å². The molecule has 0 saturated carbocycles. The SMILES string of the molecule is CC(=O)c1ccc(O[C@@H](C)C(=O)Nc2cccc(N3CCCC3=O)c2)cc1. The Labute approximate surface area is 158 Å². The van der Waals surface area contributed by atoms with Crippen LogP contribution in [-0.4, -0.2) is 30.2 Å². The van der Waals surface area contributed by atoms with Crippen molar-refractivity contribution in [1.29, 1.82) is 0 Å². The Morgan fingerprint density at radius 3 is 2.52 bits per heavy atom. The Hall–Kier alpha value is -3.15. The fourth-order valence-electron chi connectivity index (χ4n) is 2.94. The Bertz CT molecular complexity index is 861. The molecule has 0 radical (unpaired) electrons. The van der Waals surface area contributed by atoms with Crippen molar-refractivity contribution in [3.63, 3.8) is 0 Å². The number of benzene rings is 2. The van der Waals surface area contributed by atoms with E-state index in [9.17, 15) is 14.4 Å². The first-order chi connectivity index (χ1) is 12.9. The molecule has 1 N–H and O–H groups in total. The number of carbonyl (C=O) groups is 3. The van der Waals surface area contributed by atoms with E-state index in [1.807, 2.05) is 12.1 Å². The molecular formula is C21H22N2O4. The quantitative estimate of drug-likeness (QED) is 0.795. The number of Topliss-reactive ketones (excluding diaryl/α,β-unsaturated/α-hetero) is 1. The lowest BCUT2D eigenvalue weighted by Crippen LogP contribution is -2.30. The number of ketones is 1. The molecule has 1 saturated heterocycles. The second-order valence-electron chi connectivity index (χ2n) is 6.53. The molecule has 0 aliphatic carbocycles. The molecule has 1 heterocycles. The summed E-state index contributed by atoms with van der Waals surface area (Å²) in [6, 6.07) is 13.9. The fraction of sp³-hybridized carbons (Fsp3) is 0.286. The summed E-state index contributed by atoms with van der Waals surface area (Å²) in [6.07, 6.45) is 0.692. The highest BCUT2D eigenvalue weighted by atomic mass is 16.5. The first-order valence-electron chi connectivity index (χ1n) is 8.93. The number of carbonyl (C=O) groups excluding carboxylic acids is 3. The summed E-state index contributed by atoms with van der Waals surface area (Å²) in [5, 5.41) is 2.81. The van der Waals surface area contributed by atoms with Crippen LogP contribution in [0.5, 0.6) is 5.75 Å². The molecule has 1 fully saturated rings. The van der Waals surface area contributed by atoms with Gasteiger partial charge in [-0.05, 0) is 62.7 Å². The molecule has 0 spiro atoms. The number of ether oxygens (including phenoxy) is 1. The van der Waals surface area contributed by atoms with Gasteiger partial charge >= 0.3 is 0 Å². The Kier molecular flexibility index (Phi) is 5.54. The summed E-state index contributed by atoms with van der Waals surface area (Å²) in [6.45, 7) is 3.85. The van der Waals surface area contributed by atoms with Gasteiger partial charge < -0.3 is 15.0 Å². The Morgan fingerprint density at radius 1 is 1.15 bits per heavy atom. The number of hydrogen-bond acceptors (Lipinski definition) is 4. The van der Waals surface area contributed by atoms with Crippen LogP contribution in [0.2, 0.25) is 0 Å². The van der Waals surface area contributed by atoms with Gasteiger partial charge in [-0.25, -0.2) is 0 Å². The van der Waals surface area contributed by atoms with Gasteiger partial charge in [-0.2, -0.15) is 0 Å². The molecule has 140 valence electrons. The van der Waals surface area contributed by atoms with Gasteiger partial charge in [0.15, 0.2) is 11.9 Å². The van der Waals surface area contributed by atoms with Crippen molar-refractivity contribution >= 4 is 29.0 Å². The molecule has 2 amide bonds. The average Bonchev–Trinajstić information content (AvgIpc) is 3.08. The van der Waals surface area contributed by atoms with Crippen LogP contribution >= 0.6 is 0 Å². The zero-order chi connectivity index (χ0) is 19.4. The zero-order valence-electron chi connectivity index (χ0n) is 15.4. The van der Waals surface area contributed by atoms with Crippen LogP contribution in [0.3, 0.4) is 0 Å². The van der Waals surface area contributed by atoms with E-state index in [0.717, 1.165) is 12.1 Å². The highest BCUT2D eigenvalue weighted by Gasteiger charge is 2.22. The molecule has 1 aliphatic heterocycles. The normalized spacial score (nSPS) is 14.7. The van der Waals surface area contributed by atoms with Crippen LogP contribution in [0.15, 0.2) is 48.5 Å². The van der Waals surface area contributed by atoms with Crippen LogP contribution < -0.4 is 15.0 Å². The summed E-state index contributed by atoms with van der Waals surface area (Å²) in [5.41, 5.74) is 1.98. The molecule has 0 unspecified atom stereocenters. The molecule has 1 atom stereocenters. The van der Waals surface area contributed by atoms with Gasteiger partial charge in [-0.3, -0.25) is 14.4 Å². The summed E-state index contributed by atoms with van der Waals surface area (Å²) >= 11 is 0. The molecule has 6 nitrogen and oxygen atoms in total. The minimum absolute atomic E-state index is 0.0243. The summed E-state index contributed by atoms with van der Waals surface area (Å²) in [5.74, 6) is 0.294. The van der Waals surface area contributed by atoms with Gasteiger partial charge in [-0.1, -0.05) is 6.07 Å². The molecule has 0 bridgehead atoms. The van der Waals surface area contributed by atoms with Crippen molar-refractivity contribution < 1.29 is 19.1 Å². The van der Waals surface area contributed by atoms with Gasteiger partial charge in [0.1, 0.15) is 5.75 Å². The molecular weight excluding hydrogens is 344 g/mol. The molecule has 1 aliphatic rings. The lowest BCUT2D eigenvalue weighted by Gasteiger charge is -2.18. The number of hydrogen-bond donors (Lipinski definition) is 1. The van der Waals surface area contributed by atoms with E-state index in [4.69, 9.17) is 4.74 Å². The summed E-state index contributed by atoms with van der Waals surface area (Å²) in [4.78, 5) is 37.3. The van der Waals surface area contributed by atoms with E-state index in [1.54, 1.807) is 48.2 Å². The van der Waals surface area contributed by atoms with Gasteiger partial charge in [0, 0.05) is 29.9 Å². The van der Waals surface area contributed by atoms with E-state index in [-0.39, 0.29) is 17.6 Å². The van der Waals surface area contributed by atoms with Crippen molar-refractivity contribution in [2.75, 3.05) is 16.8 Å². The maximum Gasteiger partial charge on any atom is 0.265 e. The van der Waals surface area contributed by atoms with Crippen molar-refractivity contribution in [3.8, 4) is 5.75 Å². The van der Waals surface area contributed by atoms with E-state index in [2.05, 4.69) is 5.32 Å². The van der Waals surface area contributed by atoms with Crippen molar-refractivity contribution in [2.45, 2.75) is 32.8 Å². The number of nitrogens with one attached hydrogen (secondary N) is 1. The smallest absolute Gasteiger partial charge is 0.265 e. The van der Waals surface area contributed by atoms with Gasteiger partial charge in [-0.15, -0.1) is 0 Å². The second kappa shape index (κ2) is 8.03. The monoisotopic (exact) mass is 366 g/mol. The van der Waals surface area contributed by atoms with Crippen molar-refractivity contribution in [1.82, 2.24) is 0 Å². The van der Waals surface area contributed by atoms with E-state index in [0.29, 0.717) is 30.0 Å². The number of nitrogens with zero attached hydrogens (tertiary/aromatic N) is 1. The maximum atomic E-state index is 12.4. The fourth-order valence-corrected chi connectivity index (χ4v) is 2.94. The number of amides is 2. The Morgan fingerprint density at radius 2 is 1.89 bits per heavy atom. The maximum absolute atomic E-state index is 12.4. The average molecular weight is 366 g/mol. The predicted molar refractivity (Wildman–Crippen MR) is 103 cm³/mol. The number of anilines is 2. The zero-order valence-corrected chi connectivity index (χ0v) is 15.4. The van der Waals surface area contributed by atoms with E-state index < -0.39 is 6.10 Å². The molecule has 0 aromatic heterocycles. The third-order valence-electron chi connectivity index (χ3n) is 4.44. The van der Waals surface area contributed by atoms with Crippen LogP contribution in [0.1, 0.15) is 37.0 Å². The molecule has 2 aromatic carbocycles. The highest BCUT2D eigenvalue weighted by Crippen LogP contribution is 2.24. The molecule has 6 heteroatoms. The number of rotatable bonds is 6. The predicted octanol–water partition coefficient (Wildman–Crippen LogP) is 3.42. The largest absolute Gasteiger partial charge is 0.481 e. The molecule has 3 rings (SSSR count). The van der Waals surface area contributed by atoms with E-state index in [1.165, 1.54) is 6.92 Å². The topological polar surface area (TPSA) is 75.7 Å². The summed E-state index contributed by atoms with van der Waals surface area (Å²) < 4.78 is 5.64. The molecule has 2 aromatic rings. The third kappa shape index (κ3) is 4.53. The minimum atomic E-state index is -0.717. The lowest BCUT2D eigenvalue weighted by molar-refractivity contribution is -0.122. The second-order valence-corrected chi connectivity index (χ2v) is 6.53. The van der Waals surface area contributed by atoms with Crippen LogP contribution in [0, 0.1) is 0 Å². The third-order valence-corrected chi connectivity index (χ3v) is 4.44. The Balaban J connectivity index is 1.62. The molecule has 27 heavy (non-hydrogen) atoms. The van der Waals surface area contributed by atoms with Crippen LogP contribution in [-0.2, 0) is 9.59 Å². The van der Waals surface area contributed by atoms with Gasteiger partial charge in [0.05, 0.1) is 0 Å². The first-order valence-corrected chi connectivity index (χ1v) is 8.93. The van der Waals surface area contributed by atoms with Crippen molar-refractivity contribution in [2.24, 2.45) is 0 Å².